The molecular weight excluding hydrogens is 236 g/mol. The quantitative estimate of drug-likeness (QED) is 0.902. The number of morpholine rings is 1. The van der Waals surface area contributed by atoms with Crippen LogP contribution in [0, 0.1) is 0 Å². The summed E-state index contributed by atoms with van der Waals surface area (Å²) in [6.07, 6.45) is 0.326. The highest BCUT2D eigenvalue weighted by Crippen LogP contribution is 2.24. The summed E-state index contributed by atoms with van der Waals surface area (Å²) >= 11 is 0. The van der Waals surface area contributed by atoms with Crippen molar-refractivity contribution in [2.24, 2.45) is 0 Å². The highest BCUT2D eigenvalue weighted by molar-refractivity contribution is 5.20. The summed E-state index contributed by atoms with van der Waals surface area (Å²) in [6, 6.07) is 12.0. The monoisotopic (exact) mass is 262 g/mol. The Balaban J connectivity index is 2.14. The van der Waals surface area contributed by atoms with Crippen molar-refractivity contribution in [2.45, 2.75) is 45.0 Å². The Morgan fingerprint density at radius 2 is 1.95 bits per heavy atom. The van der Waals surface area contributed by atoms with Crippen LogP contribution in [0.25, 0.3) is 0 Å². The van der Waals surface area contributed by atoms with Crippen molar-refractivity contribution >= 4 is 0 Å². The molecule has 3 heteroatoms. The predicted octanol–water partition coefficient (Wildman–Crippen LogP) is 2.44. The van der Waals surface area contributed by atoms with Gasteiger partial charge in [0.1, 0.15) is 0 Å². The van der Waals surface area contributed by atoms with E-state index in [1.165, 1.54) is 5.56 Å². The first-order valence-corrected chi connectivity index (χ1v) is 7.23. The van der Waals surface area contributed by atoms with E-state index in [1.54, 1.807) is 0 Å². The van der Waals surface area contributed by atoms with E-state index >= 15 is 0 Å². The van der Waals surface area contributed by atoms with E-state index in [-0.39, 0.29) is 0 Å². The molecule has 0 radical (unpaired) electrons. The molecule has 1 aromatic carbocycles. The van der Waals surface area contributed by atoms with Crippen molar-refractivity contribution in [3.05, 3.63) is 35.9 Å². The number of hydrogen-bond acceptors (Lipinski definition) is 3. The average molecular weight is 262 g/mol. The van der Waals surface area contributed by atoms with Gasteiger partial charge in [-0.05, 0) is 33.4 Å². The fraction of sp³-hybridized carbons (Fsp3) is 0.625. The van der Waals surface area contributed by atoms with Gasteiger partial charge in [0.05, 0.1) is 12.7 Å². The molecule has 0 saturated carbocycles. The average Bonchev–Trinajstić information content (AvgIpc) is 2.43. The van der Waals surface area contributed by atoms with Crippen LogP contribution < -0.4 is 5.32 Å². The molecule has 3 nitrogen and oxygen atoms in total. The fourth-order valence-corrected chi connectivity index (χ4v) is 3.03. The molecule has 0 spiro atoms. The Hall–Kier alpha value is -0.900. The molecule has 19 heavy (non-hydrogen) atoms. The third-order valence-electron chi connectivity index (χ3n) is 4.13. The Morgan fingerprint density at radius 3 is 2.58 bits per heavy atom. The van der Waals surface area contributed by atoms with E-state index in [0.29, 0.717) is 24.2 Å². The zero-order valence-electron chi connectivity index (χ0n) is 12.5. The third-order valence-corrected chi connectivity index (χ3v) is 4.13. The van der Waals surface area contributed by atoms with E-state index in [9.17, 15) is 0 Å². The maximum atomic E-state index is 5.73. The molecule has 106 valence electrons. The minimum atomic E-state index is 0.326. The van der Waals surface area contributed by atoms with Crippen LogP contribution >= 0.6 is 0 Å². The molecule has 1 aliphatic rings. The Labute approximate surface area is 116 Å². The number of nitrogens with one attached hydrogen (secondary N) is 1. The minimum Gasteiger partial charge on any atom is -0.376 e. The van der Waals surface area contributed by atoms with Crippen LogP contribution in [0.5, 0.6) is 0 Å². The minimum absolute atomic E-state index is 0.326. The molecule has 4 unspecified atom stereocenters. The van der Waals surface area contributed by atoms with E-state index in [4.69, 9.17) is 4.74 Å². The second-order valence-corrected chi connectivity index (χ2v) is 5.61. The van der Waals surface area contributed by atoms with Gasteiger partial charge in [0, 0.05) is 24.7 Å². The smallest absolute Gasteiger partial charge is 0.0674 e. The zero-order valence-corrected chi connectivity index (χ0v) is 12.5. The van der Waals surface area contributed by atoms with Crippen molar-refractivity contribution in [3.8, 4) is 0 Å². The second-order valence-electron chi connectivity index (χ2n) is 5.61. The lowest BCUT2D eigenvalue weighted by Gasteiger charge is -2.43. The maximum Gasteiger partial charge on any atom is 0.0674 e. The van der Waals surface area contributed by atoms with Crippen molar-refractivity contribution in [1.29, 1.82) is 0 Å². The molecule has 2 rings (SSSR count). The molecule has 0 bridgehead atoms. The van der Waals surface area contributed by atoms with E-state index in [2.05, 4.69) is 61.3 Å². The summed E-state index contributed by atoms with van der Waals surface area (Å²) in [4.78, 5) is 2.56. The van der Waals surface area contributed by atoms with Crippen molar-refractivity contribution in [3.63, 3.8) is 0 Å². The first kappa shape index (κ1) is 14.5. The molecule has 1 fully saturated rings. The molecule has 4 atom stereocenters. The van der Waals surface area contributed by atoms with Crippen LogP contribution in [0.15, 0.2) is 30.3 Å². The third kappa shape index (κ3) is 3.35. The molecule has 1 heterocycles. The van der Waals surface area contributed by atoms with Crippen molar-refractivity contribution in [1.82, 2.24) is 10.2 Å². The normalized spacial score (nSPS) is 28.0. The van der Waals surface area contributed by atoms with Gasteiger partial charge in [-0.25, -0.2) is 0 Å². The van der Waals surface area contributed by atoms with Gasteiger partial charge in [-0.3, -0.25) is 4.90 Å². The number of likely N-dealkylation sites (N-methyl/N-ethyl adjacent to an activating group) is 1. The Bertz CT molecular complexity index is 382. The molecular formula is C16H26N2O. The second kappa shape index (κ2) is 6.51. The first-order chi connectivity index (χ1) is 9.13. The molecule has 1 saturated heterocycles. The van der Waals surface area contributed by atoms with Crippen LogP contribution in [-0.2, 0) is 4.74 Å². The summed E-state index contributed by atoms with van der Waals surface area (Å²) in [5.41, 5.74) is 1.35. The summed E-state index contributed by atoms with van der Waals surface area (Å²) in [5.74, 6) is 0. The Morgan fingerprint density at radius 1 is 1.26 bits per heavy atom. The zero-order chi connectivity index (χ0) is 13.8. The van der Waals surface area contributed by atoms with E-state index in [1.807, 2.05) is 7.05 Å². The van der Waals surface area contributed by atoms with Gasteiger partial charge in [-0.1, -0.05) is 30.3 Å². The lowest BCUT2D eigenvalue weighted by molar-refractivity contribution is -0.0683. The van der Waals surface area contributed by atoms with Gasteiger partial charge >= 0.3 is 0 Å². The summed E-state index contributed by atoms with van der Waals surface area (Å²) in [5, 5.41) is 3.47. The standard InChI is InChI=1S/C16H26N2O/c1-12-11-19-13(2)10-18(12)14(3)16(17-4)15-8-6-5-7-9-15/h5-9,12-14,16-17H,10-11H2,1-4H3. The summed E-state index contributed by atoms with van der Waals surface area (Å²) in [7, 11) is 2.04. The van der Waals surface area contributed by atoms with Crippen LogP contribution in [0.4, 0.5) is 0 Å². The van der Waals surface area contributed by atoms with Gasteiger partial charge in [-0.2, -0.15) is 0 Å². The molecule has 1 aromatic rings. The SMILES string of the molecule is CNC(c1ccccc1)C(C)N1CC(C)OCC1C. The topological polar surface area (TPSA) is 24.5 Å². The Kier molecular flexibility index (Phi) is 4.97. The van der Waals surface area contributed by atoms with Gasteiger partial charge < -0.3 is 10.1 Å². The van der Waals surface area contributed by atoms with Gasteiger partial charge in [0.2, 0.25) is 0 Å². The maximum absolute atomic E-state index is 5.73. The number of benzene rings is 1. The molecule has 1 aliphatic heterocycles. The lowest BCUT2D eigenvalue weighted by atomic mass is 9.97. The van der Waals surface area contributed by atoms with Gasteiger partial charge in [0.25, 0.3) is 0 Å². The fourth-order valence-electron chi connectivity index (χ4n) is 3.03. The number of hydrogen-bond donors (Lipinski definition) is 1. The largest absolute Gasteiger partial charge is 0.376 e. The van der Waals surface area contributed by atoms with Crippen LogP contribution in [-0.4, -0.2) is 43.3 Å². The number of ether oxygens (including phenoxy) is 1. The summed E-state index contributed by atoms with van der Waals surface area (Å²) < 4.78 is 5.73. The van der Waals surface area contributed by atoms with Crippen LogP contribution in [0.3, 0.4) is 0 Å². The van der Waals surface area contributed by atoms with E-state index < -0.39 is 0 Å². The van der Waals surface area contributed by atoms with Crippen molar-refractivity contribution in [2.75, 3.05) is 20.2 Å². The number of nitrogens with zero attached hydrogens (tertiary/aromatic N) is 1. The lowest BCUT2D eigenvalue weighted by Crippen LogP contribution is -2.54. The predicted molar refractivity (Wildman–Crippen MR) is 79.3 cm³/mol. The highest BCUT2D eigenvalue weighted by atomic mass is 16.5. The number of rotatable bonds is 4. The van der Waals surface area contributed by atoms with Crippen LogP contribution in [0.1, 0.15) is 32.4 Å². The van der Waals surface area contributed by atoms with Gasteiger partial charge in [-0.15, -0.1) is 0 Å². The molecule has 0 amide bonds. The van der Waals surface area contributed by atoms with E-state index in [0.717, 1.165) is 13.2 Å². The molecule has 1 N–H and O–H groups in total. The molecule has 0 aliphatic carbocycles. The highest BCUT2D eigenvalue weighted by Gasteiger charge is 2.31. The molecule has 0 aromatic heterocycles. The van der Waals surface area contributed by atoms with Gasteiger partial charge in [0.15, 0.2) is 0 Å². The van der Waals surface area contributed by atoms with Crippen LogP contribution in [0.2, 0.25) is 0 Å². The van der Waals surface area contributed by atoms with Crippen molar-refractivity contribution < 1.29 is 4.74 Å². The summed E-state index contributed by atoms with van der Waals surface area (Å²) in [6.45, 7) is 8.55. The first-order valence-electron chi connectivity index (χ1n) is 7.23.